The van der Waals surface area contributed by atoms with E-state index in [-0.39, 0.29) is 18.1 Å². The van der Waals surface area contributed by atoms with Crippen molar-refractivity contribution in [3.8, 4) is 5.75 Å². The second kappa shape index (κ2) is 8.25. The maximum absolute atomic E-state index is 12.2. The van der Waals surface area contributed by atoms with Gasteiger partial charge in [-0.25, -0.2) is 0 Å². The summed E-state index contributed by atoms with van der Waals surface area (Å²) in [6, 6.07) is 12.3. The lowest BCUT2D eigenvalue weighted by Gasteiger charge is -2.15. The normalized spacial score (nSPS) is 11.6. The number of amides is 1. The Morgan fingerprint density at radius 3 is 2.68 bits per heavy atom. The van der Waals surface area contributed by atoms with Gasteiger partial charge >= 0.3 is 0 Å². The number of ether oxygens (including phenoxy) is 1. The van der Waals surface area contributed by atoms with Gasteiger partial charge in [-0.1, -0.05) is 18.2 Å². The molecule has 2 rings (SSSR count). The first-order valence-corrected chi connectivity index (χ1v) is 7.88. The van der Waals surface area contributed by atoms with Gasteiger partial charge in [-0.15, -0.1) is 0 Å². The number of hydrogen-bond acceptors (Lipinski definition) is 4. The van der Waals surface area contributed by atoms with Gasteiger partial charge in [0.25, 0.3) is 11.6 Å². The van der Waals surface area contributed by atoms with Crippen LogP contribution in [0.1, 0.15) is 11.1 Å². The van der Waals surface area contributed by atoms with Gasteiger partial charge in [0.2, 0.25) is 0 Å². The molecule has 0 radical (unpaired) electrons. The summed E-state index contributed by atoms with van der Waals surface area (Å²) in [5.41, 5.74) is 1.99. The van der Waals surface area contributed by atoms with E-state index in [1.165, 1.54) is 6.07 Å². The Morgan fingerprint density at radius 1 is 1.28 bits per heavy atom. The second-order valence-electron chi connectivity index (χ2n) is 5.93. The minimum atomic E-state index is -0.454. The van der Waals surface area contributed by atoms with E-state index in [0.29, 0.717) is 17.8 Å². The SMILES string of the molecule is COc1ccccc1C[NH+](C)CC(=O)Nc1ccc(C)c([N+](=O)[O-])c1. The van der Waals surface area contributed by atoms with Crippen molar-refractivity contribution in [3.05, 3.63) is 63.7 Å². The van der Waals surface area contributed by atoms with Crippen LogP contribution in [-0.2, 0) is 11.3 Å². The van der Waals surface area contributed by atoms with Crippen LogP contribution in [0.5, 0.6) is 5.75 Å². The maximum Gasteiger partial charge on any atom is 0.279 e. The zero-order valence-electron chi connectivity index (χ0n) is 14.5. The largest absolute Gasteiger partial charge is 0.496 e. The van der Waals surface area contributed by atoms with Crippen molar-refractivity contribution in [2.24, 2.45) is 0 Å². The number of nitro benzene ring substituents is 1. The Hall–Kier alpha value is -2.93. The predicted molar refractivity (Wildman–Crippen MR) is 94.9 cm³/mol. The molecule has 1 amide bonds. The first-order chi connectivity index (χ1) is 11.9. The standard InChI is InChI=1S/C18H21N3O4/c1-13-8-9-15(10-16(13)21(23)24)19-18(22)12-20(2)11-14-6-4-5-7-17(14)25-3/h4-10H,11-12H2,1-3H3,(H,19,22)/p+1. The van der Waals surface area contributed by atoms with Crippen LogP contribution in [0.15, 0.2) is 42.5 Å². The number of likely N-dealkylation sites (N-methyl/N-ethyl adjacent to an activating group) is 1. The molecular weight excluding hydrogens is 322 g/mol. The van der Waals surface area contributed by atoms with Crippen molar-refractivity contribution >= 4 is 17.3 Å². The highest BCUT2D eigenvalue weighted by molar-refractivity contribution is 5.91. The first kappa shape index (κ1) is 18.4. The van der Waals surface area contributed by atoms with Crippen LogP contribution >= 0.6 is 0 Å². The third kappa shape index (κ3) is 5.02. The Labute approximate surface area is 146 Å². The van der Waals surface area contributed by atoms with Gasteiger partial charge in [0, 0.05) is 22.9 Å². The highest BCUT2D eigenvalue weighted by atomic mass is 16.6. The van der Waals surface area contributed by atoms with E-state index < -0.39 is 4.92 Å². The summed E-state index contributed by atoms with van der Waals surface area (Å²) in [4.78, 5) is 23.7. The number of anilines is 1. The highest BCUT2D eigenvalue weighted by Gasteiger charge is 2.15. The predicted octanol–water partition coefficient (Wildman–Crippen LogP) is 1.57. The number of nitrogens with one attached hydrogen (secondary N) is 2. The monoisotopic (exact) mass is 344 g/mol. The molecule has 2 aromatic carbocycles. The summed E-state index contributed by atoms with van der Waals surface area (Å²) < 4.78 is 5.32. The minimum absolute atomic E-state index is 0.00692. The van der Waals surface area contributed by atoms with Crippen LogP contribution in [0.25, 0.3) is 0 Å². The fourth-order valence-corrected chi connectivity index (χ4v) is 2.60. The van der Waals surface area contributed by atoms with Gasteiger partial charge in [-0.05, 0) is 25.1 Å². The van der Waals surface area contributed by atoms with Crippen molar-refractivity contribution in [3.63, 3.8) is 0 Å². The van der Waals surface area contributed by atoms with Crippen LogP contribution in [0.3, 0.4) is 0 Å². The number of para-hydroxylation sites is 1. The summed E-state index contributed by atoms with van der Waals surface area (Å²) in [5, 5.41) is 13.7. The number of carbonyl (C=O) groups excluding carboxylic acids is 1. The Bertz CT molecular complexity index is 777. The fourth-order valence-electron chi connectivity index (χ4n) is 2.60. The van der Waals surface area contributed by atoms with Crippen molar-refractivity contribution in [1.29, 1.82) is 0 Å². The minimum Gasteiger partial charge on any atom is -0.496 e. The van der Waals surface area contributed by atoms with E-state index in [1.807, 2.05) is 31.3 Å². The average Bonchev–Trinajstić information content (AvgIpc) is 2.56. The van der Waals surface area contributed by atoms with Crippen LogP contribution < -0.4 is 15.0 Å². The van der Waals surface area contributed by atoms with Crippen LogP contribution in [0.2, 0.25) is 0 Å². The molecular formula is C18H22N3O4+. The van der Waals surface area contributed by atoms with Gasteiger partial charge in [0.15, 0.2) is 6.54 Å². The smallest absolute Gasteiger partial charge is 0.279 e. The Balaban J connectivity index is 1.98. The molecule has 0 aliphatic heterocycles. The van der Waals surface area contributed by atoms with Crippen LogP contribution in [0.4, 0.5) is 11.4 Å². The van der Waals surface area contributed by atoms with E-state index in [0.717, 1.165) is 16.2 Å². The molecule has 1 unspecified atom stereocenters. The van der Waals surface area contributed by atoms with E-state index >= 15 is 0 Å². The molecule has 0 spiro atoms. The molecule has 0 heterocycles. The number of methoxy groups -OCH3 is 1. The average molecular weight is 344 g/mol. The Kier molecular flexibility index (Phi) is 6.08. The number of quaternary nitrogens is 1. The molecule has 0 saturated heterocycles. The molecule has 0 bridgehead atoms. The van der Waals surface area contributed by atoms with Gasteiger partial charge in [-0.3, -0.25) is 14.9 Å². The summed E-state index contributed by atoms with van der Waals surface area (Å²) in [6.45, 7) is 2.53. The quantitative estimate of drug-likeness (QED) is 0.590. The summed E-state index contributed by atoms with van der Waals surface area (Å²) >= 11 is 0. The molecule has 7 heteroatoms. The number of rotatable bonds is 7. The summed E-state index contributed by atoms with van der Waals surface area (Å²) in [5.74, 6) is 0.585. The molecule has 2 aromatic rings. The van der Waals surface area contributed by atoms with Crippen LogP contribution in [0, 0.1) is 17.0 Å². The summed E-state index contributed by atoms with van der Waals surface area (Å²) in [6.07, 6.45) is 0. The topological polar surface area (TPSA) is 85.9 Å². The van der Waals surface area contributed by atoms with Crippen molar-refractivity contribution in [2.75, 3.05) is 26.0 Å². The lowest BCUT2D eigenvalue weighted by molar-refractivity contribution is -0.885. The Morgan fingerprint density at radius 2 is 2.00 bits per heavy atom. The number of nitrogens with zero attached hydrogens (tertiary/aromatic N) is 1. The summed E-state index contributed by atoms with van der Waals surface area (Å²) in [7, 11) is 3.52. The molecule has 25 heavy (non-hydrogen) atoms. The van der Waals surface area contributed by atoms with E-state index in [4.69, 9.17) is 4.74 Å². The zero-order chi connectivity index (χ0) is 18.4. The van der Waals surface area contributed by atoms with Crippen molar-refractivity contribution in [1.82, 2.24) is 0 Å². The van der Waals surface area contributed by atoms with Gasteiger partial charge < -0.3 is 15.0 Å². The number of aryl methyl sites for hydroxylation is 1. The van der Waals surface area contributed by atoms with Gasteiger partial charge in [-0.2, -0.15) is 0 Å². The fraction of sp³-hybridized carbons (Fsp3) is 0.278. The van der Waals surface area contributed by atoms with Gasteiger partial charge in [0.05, 0.1) is 19.1 Å². The number of hydrogen-bond donors (Lipinski definition) is 2. The van der Waals surface area contributed by atoms with Crippen molar-refractivity contribution < 1.29 is 19.4 Å². The molecule has 0 saturated carbocycles. The number of carbonyl (C=O) groups is 1. The maximum atomic E-state index is 12.2. The lowest BCUT2D eigenvalue weighted by atomic mass is 10.2. The van der Waals surface area contributed by atoms with E-state index in [9.17, 15) is 14.9 Å². The number of benzene rings is 2. The highest BCUT2D eigenvalue weighted by Crippen LogP contribution is 2.22. The molecule has 1 atom stereocenters. The molecule has 2 N–H and O–H groups in total. The lowest BCUT2D eigenvalue weighted by Crippen LogP contribution is -3.08. The third-order valence-corrected chi connectivity index (χ3v) is 3.84. The second-order valence-corrected chi connectivity index (χ2v) is 5.93. The molecule has 7 nitrogen and oxygen atoms in total. The number of nitro groups is 1. The van der Waals surface area contributed by atoms with E-state index in [1.54, 1.807) is 26.2 Å². The molecule has 132 valence electrons. The van der Waals surface area contributed by atoms with Crippen molar-refractivity contribution in [2.45, 2.75) is 13.5 Å². The van der Waals surface area contributed by atoms with Crippen LogP contribution in [-0.4, -0.2) is 31.5 Å². The molecule has 0 aliphatic rings. The first-order valence-electron chi connectivity index (χ1n) is 7.88. The van der Waals surface area contributed by atoms with E-state index in [2.05, 4.69) is 5.32 Å². The molecule has 0 fully saturated rings. The molecule has 0 aromatic heterocycles. The molecule has 0 aliphatic carbocycles. The van der Waals surface area contributed by atoms with Gasteiger partial charge in [0.1, 0.15) is 12.3 Å². The third-order valence-electron chi connectivity index (χ3n) is 3.84. The zero-order valence-corrected chi connectivity index (χ0v) is 14.5.